The summed E-state index contributed by atoms with van der Waals surface area (Å²) in [6, 6.07) is 23.8. The lowest BCUT2D eigenvalue weighted by Crippen LogP contribution is -2.25. The van der Waals surface area contributed by atoms with Crippen LogP contribution >= 0.6 is 0 Å². The summed E-state index contributed by atoms with van der Waals surface area (Å²) in [5.74, 6) is 1.71. The van der Waals surface area contributed by atoms with E-state index in [1.807, 2.05) is 6.07 Å². The van der Waals surface area contributed by atoms with Crippen molar-refractivity contribution in [3.63, 3.8) is 0 Å². The number of benzene rings is 3. The molecule has 0 bridgehead atoms. The molecule has 0 spiro atoms. The Balaban J connectivity index is 1.43. The fourth-order valence-corrected chi connectivity index (χ4v) is 3.74. The van der Waals surface area contributed by atoms with E-state index in [4.69, 9.17) is 9.72 Å². The van der Waals surface area contributed by atoms with E-state index in [0.717, 1.165) is 42.0 Å². The maximum Gasteiger partial charge on any atom is 0.251 e. The van der Waals surface area contributed by atoms with Gasteiger partial charge in [-0.05, 0) is 60.9 Å². The van der Waals surface area contributed by atoms with Crippen LogP contribution in [0.2, 0.25) is 0 Å². The molecule has 0 fully saturated rings. The van der Waals surface area contributed by atoms with Crippen molar-refractivity contribution in [1.82, 2.24) is 14.9 Å². The first kappa shape index (κ1) is 20.7. The molecule has 31 heavy (non-hydrogen) atoms. The van der Waals surface area contributed by atoms with Crippen LogP contribution in [0.3, 0.4) is 0 Å². The number of nitrogens with one attached hydrogen (secondary N) is 1. The molecule has 1 amide bonds. The summed E-state index contributed by atoms with van der Waals surface area (Å²) in [7, 11) is 1.61. The molecule has 4 aromatic rings. The molecule has 158 valence electrons. The van der Waals surface area contributed by atoms with Gasteiger partial charge in [-0.1, -0.05) is 36.4 Å². The van der Waals surface area contributed by atoms with E-state index in [0.29, 0.717) is 12.1 Å². The number of aromatic nitrogens is 2. The van der Waals surface area contributed by atoms with Gasteiger partial charge < -0.3 is 14.6 Å². The Kier molecular flexibility index (Phi) is 6.32. The predicted octanol–water partition coefficient (Wildman–Crippen LogP) is 4.76. The van der Waals surface area contributed by atoms with Crippen molar-refractivity contribution >= 4 is 16.9 Å². The highest BCUT2D eigenvalue weighted by atomic mass is 16.5. The lowest BCUT2D eigenvalue weighted by molar-refractivity contribution is 0.0953. The van der Waals surface area contributed by atoms with Gasteiger partial charge in [0.25, 0.3) is 5.91 Å². The van der Waals surface area contributed by atoms with Crippen LogP contribution in [0.1, 0.15) is 33.7 Å². The third-order valence-electron chi connectivity index (χ3n) is 5.54. The highest BCUT2D eigenvalue weighted by Crippen LogP contribution is 2.20. The van der Waals surface area contributed by atoms with Crippen LogP contribution in [0.25, 0.3) is 11.0 Å². The summed E-state index contributed by atoms with van der Waals surface area (Å²) >= 11 is 0. The topological polar surface area (TPSA) is 56.1 Å². The highest BCUT2D eigenvalue weighted by molar-refractivity contribution is 5.94. The first-order valence-electron chi connectivity index (χ1n) is 10.6. The minimum atomic E-state index is -0.0731. The minimum absolute atomic E-state index is 0.0731. The zero-order valence-corrected chi connectivity index (χ0v) is 18.0. The Morgan fingerprint density at radius 3 is 2.52 bits per heavy atom. The van der Waals surface area contributed by atoms with Crippen LogP contribution < -0.4 is 10.1 Å². The van der Waals surface area contributed by atoms with Gasteiger partial charge in [-0.25, -0.2) is 4.98 Å². The number of carbonyl (C=O) groups is 1. The number of para-hydroxylation sites is 2. The zero-order chi connectivity index (χ0) is 21.6. The van der Waals surface area contributed by atoms with Gasteiger partial charge in [0, 0.05) is 25.1 Å². The number of carbonyl (C=O) groups excluding carboxylic acids is 1. The van der Waals surface area contributed by atoms with Crippen molar-refractivity contribution in [2.24, 2.45) is 0 Å². The van der Waals surface area contributed by atoms with Crippen LogP contribution in [0.4, 0.5) is 0 Å². The predicted molar refractivity (Wildman–Crippen MR) is 124 cm³/mol. The number of hydrogen-bond acceptors (Lipinski definition) is 3. The highest BCUT2D eigenvalue weighted by Gasteiger charge is 2.12. The zero-order valence-electron chi connectivity index (χ0n) is 18.0. The number of nitrogens with zero attached hydrogens (tertiary/aromatic N) is 2. The second-order valence-electron chi connectivity index (χ2n) is 7.62. The molecule has 4 rings (SSSR count). The van der Waals surface area contributed by atoms with E-state index in [1.54, 1.807) is 31.4 Å². The molecule has 1 N–H and O–H groups in total. The Morgan fingerprint density at radius 2 is 1.74 bits per heavy atom. The van der Waals surface area contributed by atoms with Crippen LogP contribution in [0.5, 0.6) is 5.75 Å². The van der Waals surface area contributed by atoms with E-state index in [1.165, 1.54) is 11.1 Å². The standard InChI is InChI=1S/C26H27N3O2/c1-19-8-3-4-9-21(19)18-29-24-11-6-5-10-23(24)28-25(29)12-7-17-27-26(30)20-13-15-22(31-2)16-14-20/h3-6,8-11,13-16H,7,12,17-18H2,1-2H3,(H,27,30). The van der Waals surface area contributed by atoms with Gasteiger partial charge in [0.05, 0.1) is 18.1 Å². The lowest BCUT2D eigenvalue weighted by Gasteiger charge is -2.12. The first-order valence-corrected chi connectivity index (χ1v) is 10.6. The van der Waals surface area contributed by atoms with Crippen molar-refractivity contribution < 1.29 is 9.53 Å². The number of methoxy groups -OCH3 is 1. The monoisotopic (exact) mass is 413 g/mol. The van der Waals surface area contributed by atoms with E-state index in [-0.39, 0.29) is 5.91 Å². The molecule has 0 atom stereocenters. The minimum Gasteiger partial charge on any atom is -0.497 e. The van der Waals surface area contributed by atoms with E-state index >= 15 is 0 Å². The summed E-state index contributed by atoms with van der Waals surface area (Å²) in [5, 5.41) is 3.00. The molecule has 5 nitrogen and oxygen atoms in total. The normalized spacial score (nSPS) is 10.9. The summed E-state index contributed by atoms with van der Waals surface area (Å²) in [5.41, 5.74) is 5.35. The van der Waals surface area contributed by atoms with Crippen molar-refractivity contribution in [1.29, 1.82) is 0 Å². The maximum atomic E-state index is 12.4. The molecule has 0 saturated carbocycles. The number of hydrogen-bond donors (Lipinski definition) is 1. The Labute approximate surface area is 182 Å². The quantitative estimate of drug-likeness (QED) is 0.424. The van der Waals surface area contributed by atoms with Gasteiger partial charge in [0.15, 0.2) is 0 Å². The smallest absolute Gasteiger partial charge is 0.251 e. The van der Waals surface area contributed by atoms with Crippen LogP contribution in [0, 0.1) is 6.92 Å². The molecule has 1 aromatic heterocycles. The molecular weight excluding hydrogens is 386 g/mol. The molecule has 0 aliphatic rings. The number of fused-ring (bicyclic) bond motifs is 1. The van der Waals surface area contributed by atoms with Gasteiger partial charge in [-0.2, -0.15) is 0 Å². The third kappa shape index (κ3) is 4.77. The summed E-state index contributed by atoms with van der Waals surface area (Å²) in [6.45, 7) is 3.53. The Hall–Kier alpha value is -3.60. The van der Waals surface area contributed by atoms with Crippen LogP contribution in [-0.2, 0) is 13.0 Å². The number of ether oxygens (including phenoxy) is 1. The largest absolute Gasteiger partial charge is 0.497 e. The SMILES string of the molecule is COc1ccc(C(=O)NCCCc2nc3ccccc3n2Cc2ccccc2C)cc1. The van der Waals surface area contributed by atoms with Gasteiger partial charge >= 0.3 is 0 Å². The third-order valence-corrected chi connectivity index (χ3v) is 5.54. The van der Waals surface area contributed by atoms with E-state index < -0.39 is 0 Å². The molecule has 0 saturated heterocycles. The summed E-state index contributed by atoms with van der Waals surface area (Å²) < 4.78 is 7.44. The average Bonchev–Trinajstić information content (AvgIpc) is 3.15. The Bertz CT molecular complexity index is 1180. The van der Waals surface area contributed by atoms with Gasteiger partial charge in [0.1, 0.15) is 11.6 Å². The van der Waals surface area contributed by atoms with Gasteiger partial charge in [-0.3, -0.25) is 4.79 Å². The molecule has 0 aliphatic carbocycles. The average molecular weight is 414 g/mol. The molecule has 0 aliphatic heterocycles. The maximum absolute atomic E-state index is 12.4. The number of amides is 1. The second-order valence-corrected chi connectivity index (χ2v) is 7.62. The van der Waals surface area contributed by atoms with E-state index in [2.05, 4.69) is 59.3 Å². The first-order chi connectivity index (χ1) is 15.2. The fourth-order valence-electron chi connectivity index (χ4n) is 3.74. The molecule has 0 unspecified atom stereocenters. The van der Waals surface area contributed by atoms with Crippen molar-refractivity contribution in [3.05, 3.63) is 95.3 Å². The number of rotatable bonds is 8. The number of imidazole rings is 1. The fraction of sp³-hybridized carbons (Fsp3) is 0.231. The van der Waals surface area contributed by atoms with Gasteiger partial charge in [-0.15, -0.1) is 0 Å². The van der Waals surface area contributed by atoms with Crippen LogP contribution in [-0.4, -0.2) is 29.1 Å². The molecule has 0 radical (unpaired) electrons. The van der Waals surface area contributed by atoms with Gasteiger partial charge in [0.2, 0.25) is 0 Å². The van der Waals surface area contributed by atoms with Crippen LogP contribution in [0.15, 0.2) is 72.8 Å². The molecular formula is C26H27N3O2. The molecule has 3 aromatic carbocycles. The molecule has 5 heteroatoms. The summed E-state index contributed by atoms with van der Waals surface area (Å²) in [4.78, 5) is 17.2. The molecule has 1 heterocycles. The van der Waals surface area contributed by atoms with Crippen molar-refractivity contribution in [3.8, 4) is 5.75 Å². The second kappa shape index (κ2) is 9.47. The van der Waals surface area contributed by atoms with E-state index in [9.17, 15) is 4.79 Å². The van der Waals surface area contributed by atoms with Crippen molar-refractivity contribution in [2.45, 2.75) is 26.3 Å². The Morgan fingerprint density at radius 1 is 1.00 bits per heavy atom. The van der Waals surface area contributed by atoms with Crippen molar-refractivity contribution in [2.75, 3.05) is 13.7 Å². The lowest BCUT2D eigenvalue weighted by atomic mass is 10.1. The number of aryl methyl sites for hydroxylation is 2. The summed E-state index contributed by atoms with van der Waals surface area (Å²) in [6.07, 6.45) is 1.61.